The van der Waals surface area contributed by atoms with E-state index in [1.54, 1.807) is 18.2 Å². The molecule has 17 heavy (non-hydrogen) atoms. The first kappa shape index (κ1) is 15.4. The molecular formula is C12H18O5. The van der Waals surface area contributed by atoms with Crippen molar-refractivity contribution in [3.63, 3.8) is 0 Å². The Morgan fingerprint density at radius 3 is 2.24 bits per heavy atom. The maximum Gasteiger partial charge on any atom is 0.300 e. The predicted molar refractivity (Wildman–Crippen MR) is 62.8 cm³/mol. The summed E-state index contributed by atoms with van der Waals surface area (Å²) in [4.78, 5) is 9.00. The number of aromatic hydroxyl groups is 1. The topological polar surface area (TPSA) is 98.0 Å². The van der Waals surface area contributed by atoms with Crippen LogP contribution in [-0.2, 0) is 11.4 Å². The summed E-state index contributed by atoms with van der Waals surface area (Å²) in [6, 6.07) is 5.04. The predicted octanol–water partition coefficient (Wildman–Crippen LogP) is 1.07. The first-order valence-corrected chi connectivity index (χ1v) is 5.15. The zero-order valence-corrected chi connectivity index (χ0v) is 9.92. The maximum absolute atomic E-state index is 9.39. The molecule has 0 saturated carbocycles. The van der Waals surface area contributed by atoms with E-state index < -0.39 is 5.97 Å². The lowest BCUT2D eigenvalue weighted by Crippen LogP contribution is -1.99. The van der Waals surface area contributed by atoms with E-state index in [-0.39, 0.29) is 24.9 Å². The van der Waals surface area contributed by atoms with Crippen molar-refractivity contribution < 1.29 is 25.2 Å². The van der Waals surface area contributed by atoms with Crippen molar-refractivity contribution in [2.75, 3.05) is 6.61 Å². The van der Waals surface area contributed by atoms with E-state index in [4.69, 9.17) is 20.1 Å². The monoisotopic (exact) mass is 242 g/mol. The molecule has 0 aromatic heterocycles. The number of aliphatic hydroxyl groups is 2. The molecule has 0 aliphatic carbocycles. The third-order valence-electron chi connectivity index (χ3n) is 2.12. The van der Waals surface area contributed by atoms with Crippen LogP contribution in [0.1, 0.15) is 30.9 Å². The highest BCUT2D eigenvalue weighted by atomic mass is 16.4. The lowest BCUT2D eigenvalue weighted by atomic mass is 10.0. The third kappa shape index (κ3) is 5.89. The van der Waals surface area contributed by atoms with Gasteiger partial charge in [-0.1, -0.05) is 19.1 Å². The summed E-state index contributed by atoms with van der Waals surface area (Å²) in [5.74, 6) is -0.737. The minimum absolute atomic E-state index is 0.0126. The van der Waals surface area contributed by atoms with Gasteiger partial charge >= 0.3 is 0 Å². The van der Waals surface area contributed by atoms with Crippen molar-refractivity contribution in [3.8, 4) is 5.75 Å². The number of aliphatic hydroxyl groups excluding tert-OH is 2. The molecule has 5 heteroatoms. The summed E-state index contributed by atoms with van der Waals surface area (Å²) in [5.41, 5.74) is 1.38. The molecule has 1 unspecified atom stereocenters. The molecule has 0 spiro atoms. The van der Waals surface area contributed by atoms with Crippen molar-refractivity contribution in [2.45, 2.75) is 26.4 Å². The van der Waals surface area contributed by atoms with Crippen LogP contribution in [0.15, 0.2) is 18.2 Å². The molecule has 0 aliphatic heterocycles. The molecule has 0 bridgehead atoms. The Balaban J connectivity index is 0.000000557. The van der Waals surface area contributed by atoms with E-state index >= 15 is 0 Å². The van der Waals surface area contributed by atoms with E-state index in [1.807, 2.05) is 6.92 Å². The van der Waals surface area contributed by atoms with Gasteiger partial charge in [0.05, 0.1) is 6.61 Å². The fraction of sp³-hybridized carbons (Fsp3) is 0.417. The van der Waals surface area contributed by atoms with Gasteiger partial charge in [0.15, 0.2) is 0 Å². The first-order chi connectivity index (χ1) is 7.92. The van der Waals surface area contributed by atoms with E-state index in [9.17, 15) is 5.11 Å². The largest absolute Gasteiger partial charge is 0.508 e. The summed E-state index contributed by atoms with van der Waals surface area (Å²) in [5, 5.41) is 34.5. The second kappa shape index (κ2) is 7.65. The van der Waals surface area contributed by atoms with Gasteiger partial charge in [-0.05, 0) is 11.6 Å². The molecule has 5 nitrogen and oxygen atoms in total. The van der Waals surface area contributed by atoms with Crippen LogP contribution < -0.4 is 0 Å². The summed E-state index contributed by atoms with van der Waals surface area (Å²) in [6.45, 7) is 2.84. The molecule has 0 heterocycles. The molecule has 0 fully saturated rings. The minimum atomic E-state index is -0.833. The van der Waals surface area contributed by atoms with Gasteiger partial charge in [-0.3, -0.25) is 4.79 Å². The molecule has 0 radical (unpaired) electrons. The van der Waals surface area contributed by atoms with E-state index in [0.29, 0.717) is 5.56 Å². The second-order valence-corrected chi connectivity index (χ2v) is 3.65. The molecule has 0 amide bonds. The number of hydrogen-bond donors (Lipinski definition) is 4. The zero-order chi connectivity index (χ0) is 13.4. The van der Waals surface area contributed by atoms with Gasteiger partial charge in [-0.2, -0.15) is 0 Å². The van der Waals surface area contributed by atoms with Crippen LogP contribution in [0.5, 0.6) is 5.75 Å². The van der Waals surface area contributed by atoms with Crippen LogP contribution in [-0.4, -0.2) is 33.0 Å². The summed E-state index contributed by atoms with van der Waals surface area (Å²) in [7, 11) is 0. The van der Waals surface area contributed by atoms with E-state index in [2.05, 4.69) is 0 Å². The number of aliphatic carboxylic acids is 1. The number of phenols is 1. The highest BCUT2D eigenvalue weighted by molar-refractivity contribution is 5.62. The number of carbonyl (C=O) groups is 1. The standard InChI is InChI=1S/C10H14O3.C2H4O2/c1-7(5-11)8-2-3-9(6-12)10(13)4-8;1-2(3)4/h2-4,7,11-13H,5-6H2,1H3;1H3,(H,3,4). The summed E-state index contributed by atoms with van der Waals surface area (Å²) >= 11 is 0. The summed E-state index contributed by atoms with van der Waals surface area (Å²) < 4.78 is 0. The number of rotatable bonds is 3. The molecule has 96 valence electrons. The van der Waals surface area contributed by atoms with Gasteiger partial charge in [0.2, 0.25) is 0 Å². The highest BCUT2D eigenvalue weighted by Crippen LogP contribution is 2.23. The fourth-order valence-electron chi connectivity index (χ4n) is 1.13. The molecule has 0 saturated heterocycles. The van der Waals surface area contributed by atoms with E-state index in [1.165, 1.54) is 0 Å². The van der Waals surface area contributed by atoms with Crippen LogP contribution in [0.2, 0.25) is 0 Å². The van der Waals surface area contributed by atoms with Crippen LogP contribution in [0.3, 0.4) is 0 Å². The fourth-order valence-corrected chi connectivity index (χ4v) is 1.13. The van der Waals surface area contributed by atoms with Gasteiger partial charge in [0, 0.05) is 25.0 Å². The van der Waals surface area contributed by atoms with Crippen molar-refractivity contribution in [3.05, 3.63) is 29.3 Å². The average Bonchev–Trinajstić information content (AvgIpc) is 2.27. The highest BCUT2D eigenvalue weighted by Gasteiger charge is 2.06. The molecular weight excluding hydrogens is 224 g/mol. The van der Waals surface area contributed by atoms with Gasteiger partial charge in [-0.15, -0.1) is 0 Å². The molecule has 1 rings (SSSR count). The van der Waals surface area contributed by atoms with Crippen LogP contribution >= 0.6 is 0 Å². The molecule has 1 aromatic carbocycles. The Hall–Kier alpha value is -1.59. The van der Waals surface area contributed by atoms with Gasteiger partial charge in [0.25, 0.3) is 5.97 Å². The van der Waals surface area contributed by atoms with Crippen LogP contribution in [0.25, 0.3) is 0 Å². The first-order valence-electron chi connectivity index (χ1n) is 5.15. The Morgan fingerprint density at radius 1 is 1.35 bits per heavy atom. The average molecular weight is 242 g/mol. The SMILES string of the molecule is CC(=O)O.CC(CO)c1ccc(CO)c(O)c1. The maximum atomic E-state index is 9.39. The minimum Gasteiger partial charge on any atom is -0.508 e. The third-order valence-corrected chi connectivity index (χ3v) is 2.12. The van der Waals surface area contributed by atoms with Crippen molar-refractivity contribution in [1.29, 1.82) is 0 Å². The Bertz CT molecular complexity index is 358. The number of carboxylic acids is 1. The molecule has 1 atom stereocenters. The Morgan fingerprint density at radius 2 is 1.88 bits per heavy atom. The van der Waals surface area contributed by atoms with Crippen LogP contribution in [0.4, 0.5) is 0 Å². The Labute approximate surface area is 100.0 Å². The van der Waals surface area contributed by atoms with E-state index in [0.717, 1.165) is 12.5 Å². The van der Waals surface area contributed by atoms with Crippen LogP contribution in [0, 0.1) is 0 Å². The van der Waals surface area contributed by atoms with Gasteiger partial charge < -0.3 is 20.4 Å². The normalized spacial score (nSPS) is 11.3. The molecule has 1 aromatic rings. The summed E-state index contributed by atoms with van der Waals surface area (Å²) in [6.07, 6.45) is 0. The molecule has 0 aliphatic rings. The smallest absolute Gasteiger partial charge is 0.300 e. The lowest BCUT2D eigenvalue weighted by molar-refractivity contribution is -0.134. The number of hydrogen-bond acceptors (Lipinski definition) is 4. The quantitative estimate of drug-likeness (QED) is 0.635. The number of benzene rings is 1. The zero-order valence-electron chi connectivity index (χ0n) is 9.92. The van der Waals surface area contributed by atoms with Gasteiger partial charge in [0.1, 0.15) is 5.75 Å². The lowest BCUT2D eigenvalue weighted by Gasteiger charge is -2.09. The Kier molecular flexibility index (Phi) is 6.93. The van der Waals surface area contributed by atoms with Crippen molar-refractivity contribution in [2.24, 2.45) is 0 Å². The van der Waals surface area contributed by atoms with Crippen molar-refractivity contribution in [1.82, 2.24) is 0 Å². The van der Waals surface area contributed by atoms with Crippen molar-refractivity contribution >= 4 is 5.97 Å². The molecule has 4 N–H and O–H groups in total. The number of carboxylic acid groups (broad SMARTS) is 1. The van der Waals surface area contributed by atoms with Gasteiger partial charge in [-0.25, -0.2) is 0 Å². The second-order valence-electron chi connectivity index (χ2n) is 3.65.